The van der Waals surface area contributed by atoms with Gasteiger partial charge in [-0.15, -0.1) is 0 Å². The fraction of sp³-hybridized carbons (Fsp3) is 0.200. The lowest BCUT2D eigenvalue weighted by molar-refractivity contribution is 0.416. The van der Waals surface area contributed by atoms with E-state index in [1.807, 2.05) is 30.3 Å². The van der Waals surface area contributed by atoms with E-state index in [4.69, 9.17) is 16.3 Å². The number of rotatable bonds is 4. The largest absolute Gasteiger partial charge is 0.495 e. The molecule has 0 saturated heterocycles. The fourth-order valence-electron chi connectivity index (χ4n) is 1.83. The Hall–Kier alpha value is -1.19. The second kappa shape index (κ2) is 6.31. The van der Waals surface area contributed by atoms with Crippen LogP contribution >= 0.6 is 27.5 Å². The van der Waals surface area contributed by atoms with E-state index in [1.54, 1.807) is 7.11 Å². The summed E-state index contributed by atoms with van der Waals surface area (Å²) < 4.78 is 6.36. The molecule has 0 bridgehead atoms. The van der Waals surface area contributed by atoms with Gasteiger partial charge in [-0.05, 0) is 48.4 Å². The van der Waals surface area contributed by atoms with Crippen LogP contribution in [0.25, 0.3) is 0 Å². The van der Waals surface area contributed by atoms with Gasteiger partial charge in [0.15, 0.2) is 0 Å². The number of anilines is 1. The molecule has 2 rings (SSSR count). The van der Waals surface area contributed by atoms with Gasteiger partial charge in [-0.1, -0.05) is 33.6 Å². The first-order valence-electron chi connectivity index (χ1n) is 5.92. The lowest BCUT2D eigenvalue weighted by Crippen LogP contribution is -2.02. The van der Waals surface area contributed by atoms with E-state index in [0.717, 1.165) is 26.5 Å². The average molecular weight is 341 g/mol. The number of benzene rings is 2. The summed E-state index contributed by atoms with van der Waals surface area (Å²) >= 11 is 9.63. The molecule has 0 aliphatic heterocycles. The summed E-state index contributed by atoms with van der Waals surface area (Å²) in [5, 5.41) is 4.11. The Morgan fingerprint density at radius 2 is 2.00 bits per heavy atom. The molecule has 2 aromatic rings. The molecule has 0 aliphatic rings. The van der Waals surface area contributed by atoms with Crippen molar-refractivity contribution in [3.63, 3.8) is 0 Å². The van der Waals surface area contributed by atoms with Gasteiger partial charge < -0.3 is 10.1 Å². The first-order valence-corrected chi connectivity index (χ1v) is 7.09. The SMILES string of the molecule is COc1ccc(C)cc1NCc1cc(Br)ccc1Cl. The summed E-state index contributed by atoms with van der Waals surface area (Å²) in [6, 6.07) is 11.9. The van der Waals surface area contributed by atoms with Crippen molar-refractivity contribution in [2.45, 2.75) is 13.5 Å². The average Bonchev–Trinajstić information content (AvgIpc) is 2.40. The van der Waals surface area contributed by atoms with E-state index >= 15 is 0 Å². The van der Waals surface area contributed by atoms with E-state index in [1.165, 1.54) is 5.56 Å². The van der Waals surface area contributed by atoms with Crippen LogP contribution in [0.5, 0.6) is 5.75 Å². The number of ether oxygens (including phenoxy) is 1. The van der Waals surface area contributed by atoms with Gasteiger partial charge >= 0.3 is 0 Å². The summed E-state index contributed by atoms with van der Waals surface area (Å²) in [5.74, 6) is 0.830. The van der Waals surface area contributed by atoms with E-state index in [9.17, 15) is 0 Å². The van der Waals surface area contributed by atoms with E-state index in [0.29, 0.717) is 6.54 Å². The minimum Gasteiger partial charge on any atom is -0.495 e. The van der Waals surface area contributed by atoms with Crippen LogP contribution in [-0.4, -0.2) is 7.11 Å². The lowest BCUT2D eigenvalue weighted by atomic mass is 10.2. The molecule has 4 heteroatoms. The maximum Gasteiger partial charge on any atom is 0.141 e. The van der Waals surface area contributed by atoms with Gasteiger partial charge in [0.05, 0.1) is 12.8 Å². The van der Waals surface area contributed by atoms with E-state index < -0.39 is 0 Å². The Bertz CT molecular complexity index is 586. The summed E-state index contributed by atoms with van der Waals surface area (Å²) in [7, 11) is 1.67. The van der Waals surface area contributed by atoms with Crippen LogP contribution in [0.3, 0.4) is 0 Å². The maximum atomic E-state index is 6.18. The smallest absolute Gasteiger partial charge is 0.141 e. The third kappa shape index (κ3) is 3.64. The third-order valence-corrected chi connectivity index (χ3v) is 3.69. The molecule has 0 heterocycles. The van der Waals surface area contributed by atoms with Crippen LogP contribution in [0.2, 0.25) is 5.02 Å². The number of methoxy groups -OCH3 is 1. The molecule has 1 N–H and O–H groups in total. The second-order valence-corrected chi connectivity index (χ2v) is 5.62. The third-order valence-electron chi connectivity index (χ3n) is 2.83. The van der Waals surface area contributed by atoms with Gasteiger partial charge in [-0.25, -0.2) is 0 Å². The van der Waals surface area contributed by atoms with Crippen molar-refractivity contribution < 1.29 is 4.74 Å². The molecule has 0 fully saturated rings. The zero-order valence-corrected chi connectivity index (χ0v) is 13.2. The number of hydrogen-bond acceptors (Lipinski definition) is 2. The predicted octanol–water partition coefficient (Wildman–Crippen LogP) is 5.03. The number of aryl methyl sites for hydroxylation is 1. The predicted molar refractivity (Wildman–Crippen MR) is 84.2 cm³/mol. The molecule has 0 aliphatic carbocycles. The van der Waals surface area contributed by atoms with Crippen molar-refractivity contribution in [2.75, 3.05) is 12.4 Å². The molecule has 0 saturated carbocycles. The van der Waals surface area contributed by atoms with Crippen molar-refractivity contribution in [1.29, 1.82) is 0 Å². The molecule has 0 unspecified atom stereocenters. The fourth-order valence-corrected chi connectivity index (χ4v) is 2.42. The van der Waals surface area contributed by atoms with Gasteiger partial charge in [0.2, 0.25) is 0 Å². The second-order valence-electron chi connectivity index (χ2n) is 4.29. The van der Waals surface area contributed by atoms with Crippen LogP contribution < -0.4 is 10.1 Å². The highest BCUT2D eigenvalue weighted by Gasteiger charge is 2.05. The van der Waals surface area contributed by atoms with Gasteiger partial charge in [0.25, 0.3) is 0 Å². The normalized spacial score (nSPS) is 10.3. The van der Waals surface area contributed by atoms with Crippen molar-refractivity contribution in [3.8, 4) is 5.75 Å². The molecule has 2 nitrogen and oxygen atoms in total. The van der Waals surface area contributed by atoms with Gasteiger partial charge in [0, 0.05) is 16.0 Å². The number of hydrogen-bond donors (Lipinski definition) is 1. The molecular formula is C15H15BrClNO. The van der Waals surface area contributed by atoms with E-state index in [-0.39, 0.29) is 0 Å². The van der Waals surface area contributed by atoms with Gasteiger partial charge in [0.1, 0.15) is 5.75 Å². The minimum absolute atomic E-state index is 0.651. The molecule has 0 radical (unpaired) electrons. The monoisotopic (exact) mass is 339 g/mol. The highest BCUT2D eigenvalue weighted by atomic mass is 79.9. The molecule has 100 valence electrons. The Kier molecular flexibility index (Phi) is 4.72. The maximum absolute atomic E-state index is 6.18. The van der Waals surface area contributed by atoms with Crippen LogP contribution in [0.15, 0.2) is 40.9 Å². The van der Waals surface area contributed by atoms with E-state index in [2.05, 4.69) is 34.2 Å². The summed E-state index contributed by atoms with van der Waals surface area (Å²) in [5.41, 5.74) is 3.20. The summed E-state index contributed by atoms with van der Waals surface area (Å²) in [6.07, 6.45) is 0. The van der Waals surface area contributed by atoms with Gasteiger partial charge in [-0.2, -0.15) is 0 Å². The highest BCUT2D eigenvalue weighted by Crippen LogP contribution is 2.27. The molecule has 0 atom stereocenters. The Morgan fingerprint density at radius 1 is 1.21 bits per heavy atom. The quantitative estimate of drug-likeness (QED) is 0.842. The van der Waals surface area contributed by atoms with Crippen LogP contribution in [0.1, 0.15) is 11.1 Å². The first-order chi connectivity index (χ1) is 9.10. The Labute approximate surface area is 126 Å². The lowest BCUT2D eigenvalue weighted by Gasteiger charge is -2.13. The number of nitrogens with one attached hydrogen (secondary N) is 1. The summed E-state index contributed by atoms with van der Waals surface area (Å²) in [4.78, 5) is 0. The molecule has 0 amide bonds. The highest BCUT2D eigenvalue weighted by molar-refractivity contribution is 9.10. The molecule has 0 aromatic heterocycles. The molecule has 19 heavy (non-hydrogen) atoms. The van der Waals surface area contributed by atoms with Crippen molar-refractivity contribution in [1.82, 2.24) is 0 Å². The molecule has 2 aromatic carbocycles. The number of halogens is 2. The van der Waals surface area contributed by atoms with Crippen LogP contribution in [-0.2, 0) is 6.54 Å². The van der Waals surface area contributed by atoms with Crippen molar-refractivity contribution in [3.05, 3.63) is 57.0 Å². The van der Waals surface area contributed by atoms with Crippen LogP contribution in [0.4, 0.5) is 5.69 Å². The van der Waals surface area contributed by atoms with Gasteiger partial charge in [-0.3, -0.25) is 0 Å². The summed E-state index contributed by atoms with van der Waals surface area (Å²) in [6.45, 7) is 2.70. The molecular weight excluding hydrogens is 326 g/mol. The first kappa shape index (κ1) is 14.2. The standard InChI is InChI=1S/C15H15BrClNO/c1-10-3-6-15(19-2)14(7-10)18-9-11-8-12(16)4-5-13(11)17/h3-8,18H,9H2,1-2H3. The molecule has 0 spiro atoms. The minimum atomic E-state index is 0.651. The zero-order chi connectivity index (χ0) is 13.8. The zero-order valence-electron chi connectivity index (χ0n) is 10.8. The Morgan fingerprint density at radius 3 is 2.74 bits per heavy atom. The van der Waals surface area contributed by atoms with Crippen molar-refractivity contribution in [2.24, 2.45) is 0 Å². The van der Waals surface area contributed by atoms with Crippen LogP contribution in [0, 0.1) is 6.92 Å². The topological polar surface area (TPSA) is 21.3 Å². The van der Waals surface area contributed by atoms with Crippen molar-refractivity contribution >= 4 is 33.2 Å². The Balaban J connectivity index is 2.18.